The number of aliphatic hydroxyl groups is 1. The van der Waals surface area contributed by atoms with Gasteiger partial charge in [0.1, 0.15) is 13.2 Å². The van der Waals surface area contributed by atoms with E-state index in [1.807, 2.05) is 0 Å². The number of fused-ring (bicyclic) bond motifs is 1. The lowest BCUT2D eigenvalue weighted by atomic mass is 10.1. The number of benzene rings is 2. The second-order valence-electron chi connectivity index (χ2n) is 5.10. The molecule has 0 aliphatic carbocycles. The molecule has 2 N–H and O–H groups in total. The van der Waals surface area contributed by atoms with Gasteiger partial charge in [0, 0.05) is 12.6 Å². The van der Waals surface area contributed by atoms with E-state index >= 15 is 0 Å². The van der Waals surface area contributed by atoms with Crippen molar-refractivity contribution in [2.24, 2.45) is 0 Å². The Morgan fingerprint density at radius 3 is 2.30 bits per heavy atom. The lowest BCUT2D eigenvalue weighted by Gasteiger charge is -2.19. The summed E-state index contributed by atoms with van der Waals surface area (Å²) in [6.07, 6.45) is 0. The van der Waals surface area contributed by atoms with E-state index in [-0.39, 0.29) is 18.0 Å². The average Bonchev–Trinajstić information content (AvgIpc) is 2.60. The lowest BCUT2D eigenvalue weighted by Crippen LogP contribution is -2.23. The third-order valence-electron chi connectivity index (χ3n) is 3.50. The Labute approximate surface area is 134 Å². The summed E-state index contributed by atoms with van der Waals surface area (Å²) in [5.41, 5.74) is 1.59. The van der Waals surface area contributed by atoms with Crippen LogP contribution in [0.15, 0.2) is 47.4 Å². The van der Waals surface area contributed by atoms with Crippen molar-refractivity contribution in [3.05, 3.63) is 53.6 Å². The van der Waals surface area contributed by atoms with Crippen molar-refractivity contribution in [3.63, 3.8) is 0 Å². The lowest BCUT2D eigenvalue weighted by molar-refractivity contribution is 0.171. The fourth-order valence-corrected chi connectivity index (χ4v) is 3.25. The molecule has 2 aromatic rings. The quantitative estimate of drug-likeness (QED) is 0.863. The van der Waals surface area contributed by atoms with Gasteiger partial charge in [-0.25, -0.2) is 13.1 Å². The summed E-state index contributed by atoms with van der Waals surface area (Å²) in [6.45, 7) is 0.994. The fourth-order valence-electron chi connectivity index (χ4n) is 2.22. The first-order valence-electron chi connectivity index (χ1n) is 7.16. The predicted molar refractivity (Wildman–Crippen MR) is 83.8 cm³/mol. The van der Waals surface area contributed by atoms with E-state index in [1.54, 1.807) is 30.3 Å². The van der Waals surface area contributed by atoms with Crippen molar-refractivity contribution in [1.82, 2.24) is 4.72 Å². The molecule has 7 heteroatoms. The van der Waals surface area contributed by atoms with Gasteiger partial charge in [0.05, 0.1) is 11.5 Å². The van der Waals surface area contributed by atoms with Gasteiger partial charge in [-0.05, 0) is 23.3 Å². The molecule has 0 bridgehead atoms. The number of aliphatic hydroxyl groups excluding tert-OH is 1. The Balaban J connectivity index is 1.73. The molecule has 23 heavy (non-hydrogen) atoms. The molecule has 0 saturated carbocycles. The van der Waals surface area contributed by atoms with Gasteiger partial charge in [-0.15, -0.1) is 0 Å². The number of sulfonamides is 1. The third-order valence-corrected chi connectivity index (χ3v) is 4.89. The van der Waals surface area contributed by atoms with Crippen molar-refractivity contribution in [3.8, 4) is 11.5 Å². The smallest absolute Gasteiger partial charge is 0.241 e. The van der Waals surface area contributed by atoms with Gasteiger partial charge < -0.3 is 14.6 Å². The molecule has 0 atom stereocenters. The van der Waals surface area contributed by atoms with Crippen LogP contribution in [0.2, 0.25) is 0 Å². The molecular formula is C16H17NO5S. The van der Waals surface area contributed by atoms with E-state index in [1.165, 1.54) is 12.1 Å². The van der Waals surface area contributed by atoms with Gasteiger partial charge in [-0.2, -0.15) is 0 Å². The van der Waals surface area contributed by atoms with Crippen LogP contribution in [0.1, 0.15) is 11.1 Å². The Morgan fingerprint density at radius 1 is 0.957 bits per heavy atom. The van der Waals surface area contributed by atoms with Gasteiger partial charge >= 0.3 is 0 Å². The van der Waals surface area contributed by atoms with Crippen LogP contribution in [0.4, 0.5) is 0 Å². The first-order valence-corrected chi connectivity index (χ1v) is 8.65. The molecule has 1 aliphatic rings. The number of rotatable bonds is 5. The van der Waals surface area contributed by atoms with Crippen molar-refractivity contribution >= 4 is 10.0 Å². The van der Waals surface area contributed by atoms with E-state index in [4.69, 9.17) is 14.6 Å². The summed E-state index contributed by atoms with van der Waals surface area (Å²) < 4.78 is 38.1. The summed E-state index contributed by atoms with van der Waals surface area (Å²) in [4.78, 5) is 0.133. The molecule has 1 heterocycles. The maximum atomic E-state index is 12.4. The SMILES string of the molecule is O=S(=O)(NCc1ccc(CO)cc1)c1ccc2c(c1)OCCO2. The number of hydrogen-bond acceptors (Lipinski definition) is 5. The monoisotopic (exact) mass is 335 g/mol. The predicted octanol–water partition coefficient (Wildman–Crippen LogP) is 1.43. The summed E-state index contributed by atoms with van der Waals surface area (Å²) in [7, 11) is -3.64. The normalized spacial score (nSPS) is 13.8. The van der Waals surface area contributed by atoms with Crippen LogP contribution in [-0.2, 0) is 23.2 Å². The highest BCUT2D eigenvalue weighted by Crippen LogP contribution is 2.32. The molecule has 2 aromatic carbocycles. The van der Waals surface area contributed by atoms with Gasteiger partial charge in [-0.1, -0.05) is 24.3 Å². The van der Waals surface area contributed by atoms with E-state index in [0.29, 0.717) is 24.7 Å². The first-order chi connectivity index (χ1) is 11.1. The summed E-state index contributed by atoms with van der Waals surface area (Å²) in [5, 5.41) is 9.00. The highest BCUT2D eigenvalue weighted by molar-refractivity contribution is 7.89. The van der Waals surface area contributed by atoms with Crippen molar-refractivity contribution in [2.45, 2.75) is 18.0 Å². The Kier molecular flexibility index (Phi) is 4.51. The van der Waals surface area contributed by atoms with E-state index in [0.717, 1.165) is 11.1 Å². The Hall–Kier alpha value is -2.09. The van der Waals surface area contributed by atoms with E-state index in [9.17, 15) is 8.42 Å². The zero-order chi connectivity index (χ0) is 16.3. The molecule has 0 saturated heterocycles. The van der Waals surface area contributed by atoms with Crippen LogP contribution >= 0.6 is 0 Å². The van der Waals surface area contributed by atoms with Crippen LogP contribution in [0.25, 0.3) is 0 Å². The topological polar surface area (TPSA) is 84.9 Å². The summed E-state index contributed by atoms with van der Waals surface area (Å²) in [5.74, 6) is 0.987. The van der Waals surface area contributed by atoms with Crippen molar-refractivity contribution in [1.29, 1.82) is 0 Å². The minimum Gasteiger partial charge on any atom is -0.486 e. The van der Waals surface area contributed by atoms with Gasteiger partial charge in [0.15, 0.2) is 11.5 Å². The maximum absolute atomic E-state index is 12.4. The maximum Gasteiger partial charge on any atom is 0.241 e. The number of nitrogens with one attached hydrogen (secondary N) is 1. The standard InChI is InChI=1S/C16H17NO5S/c18-11-13-3-1-12(2-4-13)10-17-23(19,20)14-5-6-15-16(9-14)22-8-7-21-15/h1-6,9,17-18H,7-8,10-11H2. The van der Waals surface area contributed by atoms with Crippen LogP contribution in [0.3, 0.4) is 0 Å². The average molecular weight is 335 g/mol. The second-order valence-corrected chi connectivity index (χ2v) is 6.87. The molecule has 0 unspecified atom stereocenters. The number of hydrogen-bond donors (Lipinski definition) is 2. The molecule has 0 fully saturated rings. The second kappa shape index (κ2) is 6.57. The van der Waals surface area contributed by atoms with Gasteiger partial charge in [-0.3, -0.25) is 0 Å². The summed E-state index contributed by atoms with van der Waals surface area (Å²) >= 11 is 0. The van der Waals surface area contributed by atoms with Crippen LogP contribution in [0.5, 0.6) is 11.5 Å². The third kappa shape index (κ3) is 3.64. The van der Waals surface area contributed by atoms with Crippen LogP contribution in [-0.4, -0.2) is 26.7 Å². The highest BCUT2D eigenvalue weighted by Gasteiger charge is 2.19. The van der Waals surface area contributed by atoms with E-state index in [2.05, 4.69) is 4.72 Å². The number of ether oxygens (including phenoxy) is 2. The van der Waals surface area contributed by atoms with Gasteiger partial charge in [0.25, 0.3) is 0 Å². The van der Waals surface area contributed by atoms with Crippen LogP contribution in [0, 0.1) is 0 Å². The largest absolute Gasteiger partial charge is 0.486 e. The first kappa shape index (κ1) is 15.8. The minimum atomic E-state index is -3.64. The van der Waals surface area contributed by atoms with Crippen molar-refractivity contribution < 1.29 is 23.0 Å². The Morgan fingerprint density at radius 2 is 1.61 bits per heavy atom. The summed E-state index contributed by atoms with van der Waals surface area (Å²) in [6, 6.07) is 11.6. The molecule has 3 rings (SSSR count). The molecule has 0 spiro atoms. The zero-order valence-corrected chi connectivity index (χ0v) is 13.2. The Bertz CT molecular complexity index is 787. The molecule has 0 aromatic heterocycles. The molecule has 122 valence electrons. The molecule has 0 amide bonds. The zero-order valence-electron chi connectivity index (χ0n) is 12.4. The molecule has 0 radical (unpaired) electrons. The highest BCUT2D eigenvalue weighted by atomic mass is 32.2. The van der Waals surface area contributed by atoms with Gasteiger partial charge in [0.2, 0.25) is 10.0 Å². The molecular weight excluding hydrogens is 318 g/mol. The van der Waals surface area contributed by atoms with Crippen molar-refractivity contribution in [2.75, 3.05) is 13.2 Å². The molecule has 1 aliphatic heterocycles. The fraction of sp³-hybridized carbons (Fsp3) is 0.250. The van der Waals surface area contributed by atoms with Crippen LogP contribution < -0.4 is 14.2 Å². The molecule has 6 nitrogen and oxygen atoms in total. The van der Waals surface area contributed by atoms with E-state index < -0.39 is 10.0 Å². The minimum absolute atomic E-state index is 0.0385.